The van der Waals surface area contributed by atoms with Crippen molar-refractivity contribution in [2.24, 2.45) is 0 Å². The Morgan fingerprint density at radius 1 is 1.05 bits per heavy atom. The SMILES string of the molecule is CCOC(=O)CNCc1cccc(Oc2ccccc2)c1. The highest BCUT2D eigenvalue weighted by Gasteiger charge is 2.02. The summed E-state index contributed by atoms with van der Waals surface area (Å²) in [6.07, 6.45) is 0. The largest absolute Gasteiger partial charge is 0.465 e. The highest BCUT2D eigenvalue weighted by Crippen LogP contribution is 2.21. The fraction of sp³-hybridized carbons (Fsp3) is 0.235. The molecular weight excluding hydrogens is 266 g/mol. The summed E-state index contributed by atoms with van der Waals surface area (Å²) in [7, 11) is 0. The Bertz CT molecular complexity index is 569. The van der Waals surface area contributed by atoms with E-state index in [0.29, 0.717) is 13.2 Å². The average Bonchev–Trinajstić information content (AvgIpc) is 2.49. The van der Waals surface area contributed by atoms with Gasteiger partial charge in [-0.3, -0.25) is 4.79 Å². The molecule has 110 valence electrons. The van der Waals surface area contributed by atoms with Gasteiger partial charge in [-0.25, -0.2) is 0 Å². The first-order valence-electron chi connectivity index (χ1n) is 6.96. The molecule has 1 N–H and O–H groups in total. The van der Waals surface area contributed by atoms with E-state index in [2.05, 4.69) is 5.32 Å². The normalized spacial score (nSPS) is 10.1. The number of nitrogens with one attached hydrogen (secondary N) is 1. The van der Waals surface area contributed by atoms with Crippen molar-refractivity contribution in [1.82, 2.24) is 5.32 Å². The van der Waals surface area contributed by atoms with E-state index >= 15 is 0 Å². The van der Waals surface area contributed by atoms with Gasteiger partial charge in [-0.1, -0.05) is 30.3 Å². The van der Waals surface area contributed by atoms with Crippen molar-refractivity contribution in [2.75, 3.05) is 13.2 Å². The van der Waals surface area contributed by atoms with Crippen LogP contribution in [-0.4, -0.2) is 19.1 Å². The van der Waals surface area contributed by atoms with Crippen LogP contribution in [-0.2, 0) is 16.1 Å². The molecule has 0 atom stereocenters. The van der Waals surface area contributed by atoms with Crippen LogP contribution in [0.2, 0.25) is 0 Å². The predicted molar refractivity (Wildman–Crippen MR) is 81.3 cm³/mol. The average molecular weight is 285 g/mol. The first-order valence-corrected chi connectivity index (χ1v) is 6.96. The second-order valence-electron chi connectivity index (χ2n) is 4.47. The van der Waals surface area contributed by atoms with Gasteiger partial charge in [0.2, 0.25) is 0 Å². The van der Waals surface area contributed by atoms with E-state index in [1.807, 2.05) is 54.6 Å². The number of hydrogen-bond acceptors (Lipinski definition) is 4. The van der Waals surface area contributed by atoms with Crippen molar-refractivity contribution in [3.63, 3.8) is 0 Å². The zero-order chi connectivity index (χ0) is 14.9. The Balaban J connectivity index is 1.87. The number of para-hydroxylation sites is 1. The summed E-state index contributed by atoms with van der Waals surface area (Å²) < 4.78 is 10.6. The molecule has 0 aromatic heterocycles. The lowest BCUT2D eigenvalue weighted by molar-refractivity contribution is -0.142. The predicted octanol–water partition coefficient (Wildman–Crippen LogP) is 3.13. The maximum atomic E-state index is 11.2. The molecule has 0 aliphatic heterocycles. The van der Waals surface area contributed by atoms with Gasteiger partial charge in [0.25, 0.3) is 0 Å². The fourth-order valence-electron chi connectivity index (χ4n) is 1.86. The van der Waals surface area contributed by atoms with Gasteiger partial charge in [0.1, 0.15) is 11.5 Å². The molecule has 2 aromatic rings. The molecule has 0 saturated carbocycles. The van der Waals surface area contributed by atoms with E-state index < -0.39 is 0 Å². The summed E-state index contributed by atoms with van der Waals surface area (Å²) in [5.74, 6) is 1.33. The van der Waals surface area contributed by atoms with Crippen LogP contribution in [0.15, 0.2) is 54.6 Å². The van der Waals surface area contributed by atoms with Crippen molar-refractivity contribution in [3.05, 3.63) is 60.2 Å². The van der Waals surface area contributed by atoms with Crippen LogP contribution in [0.5, 0.6) is 11.5 Å². The molecule has 2 aromatic carbocycles. The van der Waals surface area contributed by atoms with Gasteiger partial charge in [-0.05, 0) is 36.8 Å². The number of carbonyl (C=O) groups is 1. The Morgan fingerprint density at radius 2 is 1.81 bits per heavy atom. The van der Waals surface area contributed by atoms with Gasteiger partial charge in [0.05, 0.1) is 13.2 Å². The smallest absolute Gasteiger partial charge is 0.319 e. The summed E-state index contributed by atoms with van der Waals surface area (Å²) in [6, 6.07) is 17.4. The van der Waals surface area contributed by atoms with Crippen LogP contribution >= 0.6 is 0 Å². The van der Waals surface area contributed by atoms with E-state index in [1.165, 1.54) is 0 Å². The number of carbonyl (C=O) groups excluding carboxylic acids is 1. The number of hydrogen-bond donors (Lipinski definition) is 1. The molecule has 0 bridgehead atoms. The first-order chi connectivity index (χ1) is 10.3. The standard InChI is InChI=1S/C17H19NO3/c1-2-20-17(19)13-18-12-14-7-6-10-16(11-14)21-15-8-4-3-5-9-15/h3-11,18H,2,12-13H2,1H3. The van der Waals surface area contributed by atoms with Crippen LogP contribution in [0, 0.1) is 0 Å². The van der Waals surface area contributed by atoms with Crippen LogP contribution in [0.25, 0.3) is 0 Å². The van der Waals surface area contributed by atoms with E-state index in [-0.39, 0.29) is 12.5 Å². The van der Waals surface area contributed by atoms with Crippen LogP contribution < -0.4 is 10.1 Å². The minimum Gasteiger partial charge on any atom is -0.465 e. The highest BCUT2D eigenvalue weighted by molar-refractivity contribution is 5.71. The minimum absolute atomic E-state index is 0.206. The minimum atomic E-state index is -0.241. The fourth-order valence-corrected chi connectivity index (χ4v) is 1.86. The third-order valence-electron chi connectivity index (χ3n) is 2.78. The third kappa shape index (κ3) is 5.28. The zero-order valence-electron chi connectivity index (χ0n) is 12.0. The maximum Gasteiger partial charge on any atom is 0.319 e. The molecule has 0 radical (unpaired) electrons. The first kappa shape index (κ1) is 15.1. The topological polar surface area (TPSA) is 47.6 Å². The molecule has 0 aliphatic rings. The van der Waals surface area contributed by atoms with Crippen LogP contribution in [0.3, 0.4) is 0 Å². The highest BCUT2D eigenvalue weighted by atomic mass is 16.5. The molecule has 0 aliphatic carbocycles. The molecule has 21 heavy (non-hydrogen) atoms. The van der Waals surface area contributed by atoms with Crippen molar-refractivity contribution in [1.29, 1.82) is 0 Å². The van der Waals surface area contributed by atoms with Gasteiger partial charge in [-0.15, -0.1) is 0 Å². The maximum absolute atomic E-state index is 11.2. The second-order valence-corrected chi connectivity index (χ2v) is 4.47. The molecule has 0 unspecified atom stereocenters. The summed E-state index contributed by atoms with van der Waals surface area (Å²) in [5.41, 5.74) is 1.05. The number of ether oxygens (including phenoxy) is 2. The zero-order valence-corrected chi connectivity index (χ0v) is 12.0. The lowest BCUT2D eigenvalue weighted by Gasteiger charge is -2.08. The third-order valence-corrected chi connectivity index (χ3v) is 2.78. The number of esters is 1. The summed E-state index contributed by atoms with van der Waals surface area (Å²) in [4.78, 5) is 11.2. The van der Waals surface area contributed by atoms with Crippen molar-refractivity contribution in [2.45, 2.75) is 13.5 Å². The van der Waals surface area contributed by atoms with E-state index in [0.717, 1.165) is 17.1 Å². The molecular formula is C17H19NO3. The monoisotopic (exact) mass is 285 g/mol. The summed E-state index contributed by atoms with van der Waals surface area (Å²) in [6.45, 7) is 2.99. The quantitative estimate of drug-likeness (QED) is 0.794. The van der Waals surface area contributed by atoms with E-state index in [1.54, 1.807) is 6.92 Å². The van der Waals surface area contributed by atoms with Crippen molar-refractivity contribution in [3.8, 4) is 11.5 Å². The van der Waals surface area contributed by atoms with Gasteiger partial charge in [0.15, 0.2) is 0 Å². The lowest BCUT2D eigenvalue weighted by atomic mass is 10.2. The molecule has 0 saturated heterocycles. The Kier molecular flexibility index (Phi) is 5.79. The van der Waals surface area contributed by atoms with Gasteiger partial charge >= 0.3 is 5.97 Å². The molecule has 4 heteroatoms. The Morgan fingerprint density at radius 3 is 2.57 bits per heavy atom. The van der Waals surface area contributed by atoms with Crippen LogP contribution in [0.1, 0.15) is 12.5 Å². The number of rotatable bonds is 7. The van der Waals surface area contributed by atoms with Crippen molar-refractivity contribution >= 4 is 5.97 Å². The molecule has 4 nitrogen and oxygen atoms in total. The van der Waals surface area contributed by atoms with E-state index in [9.17, 15) is 4.79 Å². The van der Waals surface area contributed by atoms with Crippen molar-refractivity contribution < 1.29 is 14.3 Å². The molecule has 2 rings (SSSR count). The molecule has 0 fully saturated rings. The second kappa shape index (κ2) is 8.07. The van der Waals surface area contributed by atoms with E-state index in [4.69, 9.17) is 9.47 Å². The summed E-state index contributed by atoms with van der Waals surface area (Å²) in [5, 5.41) is 3.05. The number of benzene rings is 2. The Hall–Kier alpha value is -2.33. The van der Waals surface area contributed by atoms with Crippen LogP contribution in [0.4, 0.5) is 0 Å². The van der Waals surface area contributed by atoms with Gasteiger partial charge in [-0.2, -0.15) is 0 Å². The van der Waals surface area contributed by atoms with Gasteiger partial charge in [0, 0.05) is 6.54 Å². The molecule has 0 amide bonds. The van der Waals surface area contributed by atoms with Gasteiger partial charge < -0.3 is 14.8 Å². The molecule has 0 heterocycles. The summed E-state index contributed by atoms with van der Waals surface area (Å²) >= 11 is 0. The Labute approximate surface area is 124 Å². The molecule has 0 spiro atoms. The lowest BCUT2D eigenvalue weighted by Crippen LogP contribution is -2.24.